The summed E-state index contributed by atoms with van der Waals surface area (Å²) in [5.74, 6) is -0.251. The fourth-order valence-corrected chi connectivity index (χ4v) is 2.41. The highest BCUT2D eigenvalue weighted by Crippen LogP contribution is 2.36. The summed E-state index contributed by atoms with van der Waals surface area (Å²) in [5, 5.41) is 22.4. The van der Waals surface area contributed by atoms with Gasteiger partial charge in [-0.3, -0.25) is 4.79 Å². The van der Waals surface area contributed by atoms with E-state index in [9.17, 15) is 15.0 Å². The lowest BCUT2D eigenvalue weighted by molar-refractivity contribution is 0.0925. The maximum Gasteiger partial charge on any atom is 0.180 e. The quantitative estimate of drug-likeness (QED) is 0.730. The number of ketones is 1. The van der Waals surface area contributed by atoms with E-state index in [1.54, 1.807) is 6.07 Å². The van der Waals surface area contributed by atoms with Crippen LogP contribution in [0, 0.1) is 0 Å². The number of halogens is 1. The van der Waals surface area contributed by atoms with Crippen LogP contribution in [-0.4, -0.2) is 28.1 Å². The van der Waals surface area contributed by atoms with Crippen LogP contribution in [-0.2, 0) is 6.42 Å². The lowest BCUT2D eigenvalue weighted by Crippen LogP contribution is -2.41. The van der Waals surface area contributed by atoms with Crippen molar-refractivity contribution >= 4 is 22.8 Å². The van der Waals surface area contributed by atoms with E-state index in [1.165, 1.54) is 6.07 Å². The van der Waals surface area contributed by atoms with Gasteiger partial charge in [0.05, 0.1) is 6.04 Å². The number of carbonyl (C=O) groups is 1. The molecule has 1 atom stereocenters. The number of phenolic OH excluding ortho intramolecular Hbond substituents is 2. The number of benzene rings is 1. The Labute approximate surface area is 116 Å². The van der Waals surface area contributed by atoms with Gasteiger partial charge in [0.2, 0.25) is 0 Å². The van der Waals surface area contributed by atoms with E-state index in [0.717, 1.165) is 12.8 Å². The molecule has 98 valence electrons. The van der Waals surface area contributed by atoms with Crippen molar-refractivity contribution in [1.29, 1.82) is 0 Å². The molecule has 1 aromatic carbocycles. The second-order valence-electron chi connectivity index (χ2n) is 4.86. The third kappa shape index (κ3) is 2.24. The minimum Gasteiger partial charge on any atom is -0.504 e. The van der Waals surface area contributed by atoms with Crippen molar-refractivity contribution in [2.75, 3.05) is 0 Å². The Bertz CT molecular complexity index is 485. The summed E-state index contributed by atoms with van der Waals surface area (Å²) >= 11 is 0. The first-order chi connectivity index (χ1) is 8.16. The molecule has 3 rings (SSSR count). The van der Waals surface area contributed by atoms with E-state index < -0.39 is 0 Å². The Hall–Kier alpha value is -1.07. The van der Waals surface area contributed by atoms with Crippen molar-refractivity contribution < 1.29 is 15.0 Å². The van der Waals surface area contributed by atoms with Gasteiger partial charge in [0.1, 0.15) is 0 Å². The summed E-state index contributed by atoms with van der Waals surface area (Å²) in [6.07, 6.45) is 3.62. The first-order valence-corrected chi connectivity index (χ1v) is 6.01. The van der Waals surface area contributed by atoms with Crippen LogP contribution in [0.4, 0.5) is 0 Å². The van der Waals surface area contributed by atoms with Gasteiger partial charge in [-0.25, -0.2) is 0 Å². The summed E-state index contributed by atoms with van der Waals surface area (Å²) in [6, 6.07) is 3.36. The number of phenols is 2. The summed E-state index contributed by atoms with van der Waals surface area (Å²) in [4.78, 5) is 12.2. The first kappa shape index (κ1) is 13.4. The molecule has 1 unspecified atom stereocenters. The number of carbonyl (C=O) groups excluding carboxylic acids is 1. The Balaban J connectivity index is 0.00000120. The van der Waals surface area contributed by atoms with Crippen LogP contribution in [0.25, 0.3) is 0 Å². The Morgan fingerprint density at radius 2 is 1.89 bits per heavy atom. The first-order valence-electron chi connectivity index (χ1n) is 6.01. The van der Waals surface area contributed by atoms with Gasteiger partial charge in [0.15, 0.2) is 17.3 Å². The molecule has 2 aliphatic rings. The van der Waals surface area contributed by atoms with Gasteiger partial charge >= 0.3 is 0 Å². The van der Waals surface area contributed by atoms with Gasteiger partial charge in [-0.15, -0.1) is 17.0 Å². The molecular formula is C13H16BrNO3. The molecule has 0 aromatic heterocycles. The van der Waals surface area contributed by atoms with E-state index in [-0.39, 0.29) is 40.3 Å². The van der Waals surface area contributed by atoms with Crippen molar-refractivity contribution in [1.82, 2.24) is 5.32 Å². The zero-order valence-corrected chi connectivity index (χ0v) is 11.6. The van der Waals surface area contributed by atoms with E-state index in [2.05, 4.69) is 5.32 Å². The predicted molar refractivity (Wildman–Crippen MR) is 72.7 cm³/mol. The standard InChI is InChI=1S/C13H15NO3.BrH/c15-11-6-4-8-9(13(11)17)3-5-10(12(8)16)14-7-1-2-7;/h4,6-7,10,14-15,17H,1-3,5H2;1H. The van der Waals surface area contributed by atoms with Gasteiger partial charge in [-0.2, -0.15) is 0 Å². The fraction of sp³-hybridized carbons (Fsp3) is 0.462. The van der Waals surface area contributed by atoms with Gasteiger partial charge in [0.25, 0.3) is 0 Å². The van der Waals surface area contributed by atoms with E-state index >= 15 is 0 Å². The van der Waals surface area contributed by atoms with Crippen LogP contribution in [0.2, 0.25) is 0 Å². The molecule has 0 bridgehead atoms. The number of fused-ring (bicyclic) bond motifs is 1. The average Bonchev–Trinajstić information content (AvgIpc) is 3.11. The third-order valence-corrected chi connectivity index (χ3v) is 3.54. The smallest absolute Gasteiger partial charge is 0.180 e. The molecule has 18 heavy (non-hydrogen) atoms. The van der Waals surface area contributed by atoms with Gasteiger partial charge < -0.3 is 15.5 Å². The Morgan fingerprint density at radius 3 is 2.56 bits per heavy atom. The van der Waals surface area contributed by atoms with Crippen LogP contribution in [0.3, 0.4) is 0 Å². The molecule has 3 N–H and O–H groups in total. The van der Waals surface area contributed by atoms with E-state index in [4.69, 9.17) is 0 Å². The van der Waals surface area contributed by atoms with Crippen LogP contribution >= 0.6 is 17.0 Å². The summed E-state index contributed by atoms with van der Waals surface area (Å²) in [7, 11) is 0. The van der Waals surface area contributed by atoms with Crippen LogP contribution in [0.5, 0.6) is 11.5 Å². The van der Waals surface area contributed by atoms with Crippen LogP contribution in [0.1, 0.15) is 35.2 Å². The zero-order valence-electron chi connectivity index (χ0n) is 9.85. The molecule has 0 heterocycles. The van der Waals surface area contributed by atoms with Crippen LogP contribution in [0.15, 0.2) is 12.1 Å². The maximum absolute atomic E-state index is 12.2. The van der Waals surface area contributed by atoms with Crippen molar-refractivity contribution in [2.45, 2.75) is 37.8 Å². The van der Waals surface area contributed by atoms with E-state index in [0.29, 0.717) is 30.0 Å². The predicted octanol–water partition coefficient (Wildman–Crippen LogP) is 1.93. The SMILES string of the molecule is Br.O=C1c2ccc(O)c(O)c2CCC1NC1CC1. The molecule has 2 aliphatic carbocycles. The summed E-state index contributed by atoms with van der Waals surface area (Å²) in [6.45, 7) is 0. The number of hydrogen-bond donors (Lipinski definition) is 3. The van der Waals surface area contributed by atoms with Crippen molar-refractivity contribution in [3.8, 4) is 11.5 Å². The highest BCUT2D eigenvalue weighted by atomic mass is 79.9. The second-order valence-corrected chi connectivity index (χ2v) is 4.86. The largest absolute Gasteiger partial charge is 0.504 e. The molecule has 1 saturated carbocycles. The molecule has 0 radical (unpaired) electrons. The topological polar surface area (TPSA) is 69.6 Å². The summed E-state index contributed by atoms with van der Waals surface area (Å²) in [5.41, 5.74) is 1.13. The molecule has 0 amide bonds. The van der Waals surface area contributed by atoms with Crippen molar-refractivity contribution in [3.63, 3.8) is 0 Å². The van der Waals surface area contributed by atoms with Gasteiger partial charge in [-0.05, 0) is 37.8 Å². The normalized spacial score (nSPS) is 22.2. The molecule has 1 aromatic rings. The molecule has 4 nitrogen and oxygen atoms in total. The molecule has 5 heteroatoms. The average molecular weight is 314 g/mol. The highest BCUT2D eigenvalue weighted by Gasteiger charge is 2.33. The molecule has 1 fully saturated rings. The Kier molecular flexibility index (Phi) is 3.64. The minimum atomic E-state index is -0.148. The zero-order chi connectivity index (χ0) is 12.0. The maximum atomic E-state index is 12.2. The van der Waals surface area contributed by atoms with Crippen molar-refractivity contribution in [2.24, 2.45) is 0 Å². The number of hydrogen-bond acceptors (Lipinski definition) is 4. The lowest BCUT2D eigenvalue weighted by atomic mass is 9.86. The lowest BCUT2D eigenvalue weighted by Gasteiger charge is -2.25. The molecular weight excluding hydrogens is 298 g/mol. The second kappa shape index (κ2) is 4.90. The van der Waals surface area contributed by atoms with E-state index in [1.807, 2.05) is 0 Å². The minimum absolute atomic E-state index is 0. The van der Waals surface area contributed by atoms with Gasteiger partial charge in [-0.1, -0.05) is 0 Å². The monoisotopic (exact) mass is 313 g/mol. The number of Topliss-reactive ketones (excluding diaryl/α,β-unsaturated/α-hetero) is 1. The third-order valence-electron chi connectivity index (χ3n) is 3.54. The summed E-state index contributed by atoms with van der Waals surface area (Å²) < 4.78 is 0. The number of aromatic hydroxyl groups is 2. The highest BCUT2D eigenvalue weighted by molar-refractivity contribution is 8.93. The van der Waals surface area contributed by atoms with Crippen molar-refractivity contribution in [3.05, 3.63) is 23.3 Å². The fourth-order valence-electron chi connectivity index (χ4n) is 2.41. The molecule has 0 spiro atoms. The number of rotatable bonds is 2. The number of nitrogens with one attached hydrogen (secondary N) is 1. The van der Waals surface area contributed by atoms with Crippen LogP contribution < -0.4 is 5.32 Å². The Morgan fingerprint density at radius 1 is 1.17 bits per heavy atom. The molecule has 0 aliphatic heterocycles. The van der Waals surface area contributed by atoms with Gasteiger partial charge in [0, 0.05) is 17.2 Å². The molecule has 0 saturated heterocycles.